The van der Waals surface area contributed by atoms with Gasteiger partial charge < -0.3 is 4.90 Å². The zero-order chi connectivity index (χ0) is 13.0. The van der Waals surface area contributed by atoms with Crippen LogP contribution in [0.25, 0.3) is 5.52 Å². The maximum atomic E-state index is 12.4. The number of halogens is 1. The monoisotopic (exact) mass is 309 g/mol. The molecular formula is C13H16BrN3O. The maximum absolute atomic E-state index is 12.4. The number of carbonyl (C=O) groups excluding carboxylic acids is 1. The average Bonchev–Trinajstić information content (AvgIpc) is 2.83. The van der Waals surface area contributed by atoms with Crippen LogP contribution < -0.4 is 0 Å². The van der Waals surface area contributed by atoms with E-state index in [0.29, 0.717) is 5.56 Å². The third kappa shape index (κ3) is 2.56. The molecule has 2 aromatic heterocycles. The predicted octanol–water partition coefficient (Wildman–Crippen LogP) is 2.58. The topological polar surface area (TPSA) is 37.6 Å². The van der Waals surface area contributed by atoms with E-state index in [-0.39, 0.29) is 5.91 Å². The molecule has 4 nitrogen and oxygen atoms in total. The molecule has 0 spiro atoms. The minimum atomic E-state index is 0.0552. The molecule has 96 valence electrons. The Morgan fingerprint density at radius 1 is 1.50 bits per heavy atom. The SMILES string of the molecule is CCN(CCCBr)C(=O)c1cnn2ccccc12. The summed E-state index contributed by atoms with van der Waals surface area (Å²) in [5.41, 5.74) is 1.53. The lowest BCUT2D eigenvalue weighted by Gasteiger charge is -2.19. The second-order valence-electron chi connectivity index (χ2n) is 4.02. The number of hydrogen-bond donors (Lipinski definition) is 0. The van der Waals surface area contributed by atoms with Gasteiger partial charge in [0.15, 0.2) is 0 Å². The van der Waals surface area contributed by atoms with Gasteiger partial charge >= 0.3 is 0 Å². The molecule has 0 saturated heterocycles. The summed E-state index contributed by atoms with van der Waals surface area (Å²) >= 11 is 3.39. The van der Waals surface area contributed by atoms with Crippen molar-refractivity contribution in [2.45, 2.75) is 13.3 Å². The standard InChI is InChI=1S/C13H16BrN3O/c1-2-16(8-5-7-14)13(18)11-10-15-17-9-4-3-6-12(11)17/h3-4,6,9-10H,2,5,7-8H2,1H3. The zero-order valence-electron chi connectivity index (χ0n) is 10.3. The van der Waals surface area contributed by atoms with Crippen LogP contribution in [0.3, 0.4) is 0 Å². The highest BCUT2D eigenvalue weighted by Gasteiger charge is 2.17. The first-order chi connectivity index (χ1) is 8.77. The Balaban J connectivity index is 2.26. The number of alkyl halides is 1. The lowest BCUT2D eigenvalue weighted by molar-refractivity contribution is 0.0767. The van der Waals surface area contributed by atoms with Crippen LogP contribution in [0.5, 0.6) is 0 Å². The summed E-state index contributed by atoms with van der Waals surface area (Å²) in [5, 5.41) is 5.10. The fourth-order valence-electron chi connectivity index (χ4n) is 1.92. The fourth-order valence-corrected chi connectivity index (χ4v) is 2.17. The molecule has 0 bridgehead atoms. The van der Waals surface area contributed by atoms with Gasteiger partial charge in [-0.3, -0.25) is 4.79 Å². The summed E-state index contributed by atoms with van der Waals surface area (Å²) in [6.07, 6.45) is 4.45. The number of hydrogen-bond acceptors (Lipinski definition) is 2. The van der Waals surface area contributed by atoms with Gasteiger partial charge in [0, 0.05) is 24.6 Å². The van der Waals surface area contributed by atoms with Crippen LogP contribution in [0.15, 0.2) is 30.6 Å². The molecule has 2 aromatic rings. The second-order valence-corrected chi connectivity index (χ2v) is 4.81. The Morgan fingerprint density at radius 2 is 2.33 bits per heavy atom. The van der Waals surface area contributed by atoms with Crippen molar-refractivity contribution in [2.75, 3.05) is 18.4 Å². The molecule has 0 aliphatic heterocycles. The summed E-state index contributed by atoms with van der Waals surface area (Å²) < 4.78 is 1.73. The van der Waals surface area contributed by atoms with Crippen LogP contribution in [-0.2, 0) is 0 Å². The van der Waals surface area contributed by atoms with Crippen LogP contribution in [0.2, 0.25) is 0 Å². The van der Waals surface area contributed by atoms with E-state index in [0.717, 1.165) is 30.4 Å². The van der Waals surface area contributed by atoms with E-state index in [1.54, 1.807) is 10.7 Å². The molecule has 0 saturated carbocycles. The normalized spacial score (nSPS) is 10.8. The summed E-state index contributed by atoms with van der Waals surface area (Å²) in [7, 11) is 0. The number of nitrogens with zero attached hydrogens (tertiary/aromatic N) is 3. The number of aromatic nitrogens is 2. The van der Waals surface area contributed by atoms with E-state index >= 15 is 0 Å². The Hall–Kier alpha value is -1.36. The molecular weight excluding hydrogens is 294 g/mol. The minimum absolute atomic E-state index is 0.0552. The van der Waals surface area contributed by atoms with Gasteiger partial charge in [-0.05, 0) is 25.5 Å². The highest BCUT2D eigenvalue weighted by Crippen LogP contribution is 2.13. The highest BCUT2D eigenvalue weighted by molar-refractivity contribution is 9.09. The molecule has 0 atom stereocenters. The molecule has 0 radical (unpaired) electrons. The molecule has 2 heterocycles. The van der Waals surface area contributed by atoms with Gasteiger partial charge in [0.25, 0.3) is 5.91 Å². The average molecular weight is 310 g/mol. The van der Waals surface area contributed by atoms with Crippen molar-refractivity contribution in [2.24, 2.45) is 0 Å². The lowest BCUT2D eigenvalue weighted by Crippen LogP contribution is -2.31. The first kappa shape index (κ1) is 13.1. The van der Waals surface area contributed by atoms with Crippen molar-refractivity contribution in [3.05, 3.63) is 36.2 Å². The van der Waals surface area contributed by atoms with Crippen LogP contribution in [0.4, 0.5) is 0 Å². The van der Waals surface area contributed by atoms with Crippen molar-refractivity contribution < 1.29 is 4.79 Å². The quantitative estimate of drug-likeness (QED) is 0.796. The van der Waals surface area contributed by atoms with Crippen molar-refractivity contribution in [3.8, 4) is 0 Å². The Kier molecular flexibility index (Phi) is 4.36. The Labute approximate surface area is 115 Å². The van der Waals surface area contributed by atoms with Gasteiger partial charge in [0.05, 0.1) is 17.3 Å². The van der Waals surface area contributed by atoms with E-state index in [1.807, 2.05) is 36.2 Å². The van der Waals surface area contributed by atoms with Gasteiger partial charge in [-0.15, -0.1) is 0 Å². The largest absolute Gasteiger partial charge is 0.339 e. The fraction of sp³-hybridized carbons (Fsp3) is 0.385. The van der Waals surface area contributed by atoms with E-state index in [4.69, 9.17) is 0 Å². The lowest BCUT2D eigenvalue weighted by atomic mass is 10.2. The smallest absolute Gasteiger partial charge is 0.257 e. The summed E-state index contributed by atoms with van der Waals surface area (Å²) in [6.45, 7) is 3.48. The molecule has 0 unspecified atom stereocenters. The minimum Gasteiger partial charge on any atom is -0.339 e. The number of rotatable bonds is 5. The van der Waals surface area contributed by atoms with Gasteiger partial charge in [-0.25, -0.2) is 4.52 Å². The third-order valence-electron chi connectivity index (χ3n) is 2.89. The molecule has 18 heavy (non-hydrogen) atoms. The molecule has 0 N–H and O–H groups in total. The van der Waals surface area contributed by atoms with Crippen LogP contribution in [-0.4, -0.2) is 38.8 Å². The first-order valence-electron chi connectivity index (χ1n) is 6.05. The zero-order valence-corrected chi connectivity index (χ0v) is 11.9. The molecule has 0 aromatic carbocycles. The van der Waals surface area contributed by atoms with Gasteiger partial charge in [-0.2, -0.15) is 5.10 Å². The molecule has 1 amide bonds. The third-order valence-corrected chi connectivity index (χ3v) is 3.45. The van der Waals surface area contributed by atoms with Crippen molar-refractivity contribution in [1.29, 1.82) is 0 Å². The van der Waals surface area contributed by atoms with E-state index < -0.39 is 0 Å². The van der Waals surface area contributed by atoms with E-state index in [2.05, 4.69) is 21.0 Å². The maximum Gasteiger partial charge on any atom is 0.257 e. The summed E-state index contributed by atoms with van der Waals surface area (Å²) in [5.74, 6) is 0.0552. The van der Waals surface area contributed by atoms with Gasteiger partial charge in [0.2, 0.25) is 0 Å². The van der Waals surface area contributed by atoms with Crippen LogP contribution in [0.1, 0.15) is 23.7 Å². The molecule has 0 aliphatic carbocycles. The Morgan fingerprint density at radius 3 is 3.06 bits per heavy atom. The number of pyridine rings is 1. The molecule has 0 aliphatic rings. The van der Waals surface area contributed by atoms with Crippen LogP contribution in [0, 0.1) is 0 Å². The molecule has 0 fully saturated rings. The van der Waals surface area contributed by atoms with Crippen molar-refractivity contribution >= 4 is 27.4 Å². The van der Waals surface area contributed by atoms with Gasteiger partial charge in [0.1, 0.15) is 0 Å². The summed E-state index contributed by atoms with van der Waals surface area (Å²) in [4.78, 5) is 14.3. The predicted molar refractivity (Wildman–Crippen MR) is 75.2 cm³/mol. The number of fused-ring (bicyclic) bond motifs is 1. The number of amides is 1. The van der Waals surface area contributed by atoms with Crippen LogP contribution >= 0.6 is 15.9 Å². The second kappa shape index (κ2) is 6.00. The highest BCUT2D eigenvalue weighted by atomic mass is 79.9. The van der Waals surface area contributed by atoms with Gasteiger partial charge in [-0.1, -0.05) is 22.0 Å². The number of carbonyl (C=O) groups is 1. The molecule has 2 rings (SSSR count). The molecule has 5 heteroatoms. The van der Waals surface area contributed by atoms with E-state index in [9.17, 15) is 4.79 Å². The van der Waals surface area contributed by atoms with E-state index in [1.165, 1.54) is 0 Å². The van der Waals surface area contributed by atoms with Crippen molar-refractivity contribution in [1.82, 2.24) is 14.5 Å². The Bertz CT molecular complexity index is 538. The van der Waals surface area contributed by atoms with Crippen molar-refractivity contribution in [3.63, 3.8) is 0 Å². The first-order valence-corrected chi connectivity index (χ1v) is 7.17. The summed E-state index contributed by atoms with van der Waals surface area (Å²) in [6, 6.07) is 5.73.